The van der Waals surface area contributed by atoms with Gasteiger partial charge in [0.25, 0.3) is 5.69 Å². The Morgan fingerprint density at radius 3 is 2.63 bits per heavy atom. The van der Waals surface area contributed by atoms with E-state index in [1.165, 1.54) is 24.3 Å². The molecule has 2 aliphatic rings. The van der Waals surface area contributed by atoms with E-state index in [1.54, 1.807) is 6.92 Å². The highest BCUT2D eigenvalue weighted by Gasteiger charge is 2.42. The fourth-order valence-corrected chi connectivity index (χ4v) is 3.03. The van der Waals surface area contributed by atoms with Gasteiger partial charge in [0.2, 0.25) is 11.9 Å². The molecule has 0 bridgehead atoms. The maximum Gasteiger partial charge on any atom is 0.321 e. The van der Waals surface area contributed by atoms with Gasteiger partial charge in [-0.2, -0.15) is 0 Å². The number of hydrogen-bond donors (Lipinski definition) is 1. The van der Waals surface area contributed by atoms with Crippen LogP contribution in [0.5, 0.6) is 0 Å². The van der Waals surface area contributed by atoms with Gasteiger partial charge in [0, 0.05) is 25.2 Å². The van der Waals surface area contributed by atoms with Crippen molar-refractivity contribution in [3.63, 3.8) is 0 Å². The Bertz CT molecular complexity index is 757. The lowest BCUT2D eigenvalue weighted by atomic mass is 9.91. The van der Waals surface area contributed by atoms with Gasteiger partial charge in [-0.15, -0.1) is 0 Å². The zero-order valence-electron chi connectivity index (χ0n) is 14.8. The second-order valence-electron chi connectivity index (χ2n) is 6.06. The number of nitrogens with zero attached hydrogens (tertiary/aromatic N) is 3. The number of hydrogen-bond acceptors (Lipinski definition) is 8. The number of carbonyl (C=O) groups is 2. The van der Waals surface area contributed by atoms with Gasteiger partial charge in [-0.05, 0) is 12.5 Å². The molecular formula is C17H20N4O6. The fourth-order valence-electron chi connectivity index (χ4n) is 3.03. The third-order valence-electron chi connectivity index (χ3n) is 4.39. The molecule has 10 nitrogen and oxygen atoms in total. The van der Waals surface area contributed by atoms with Gasteiger partial charge in [0.05, 0.1) is 24.7 Å². The van der Waals surface area contributed by atoms with Crippen LogP contribution < -0.4 is 5.32 Å². The molecule has 1 amide bonds. The SMILES string of the molecule is CCOC(=O)[C@H]1C(=O)NC(N2CCOCC2)=N[C@@H]1c1ccc([N+](=O)[O-])cc1. The lowest BCUT2D eigenvalue weighted by Gasteiger charge is -2.35. The second kappa shape index (κ2) is 8.12. The summed E-state index contributed by atoms with van der Waals surface area (Å²) in [4.78, 5) is 41.8. The van der Waals surface area contributed by atoms with E-state index in [9.17, 15) is 19.7 Å². The van der Waals surface area contributed by atoms with Crippen LogP contribution in [0.25, 0.3) is 0 Å². The molecule has 2 heterocycles. The van der Waals surface area contributed by atoms with Crippen molar-refractivity contribution in [2.24, 2.45) is 10.9 Å². The summed E-state index contributed by atoms with van der Waals surface area (Å²) in [5, 5.41) is 13.6. The topological polar surface area (TPSA) is 123 Å². The summed E-state index contributed by atoms with van der Waals surface area (Å²) in [6, 6.07) is 4.85. The molecule has 2 atom stereocenters. The number of rotatable bonds is 4. The standard InChI is InChI=1S/C17H20N4O6/c1-2-27-16(23)13-14(11-3-5-12(6-4-11)21(24)25)18-17(19-15(13)22)20-7-9-26-10-8-20/h3-6,13-14H,2,7-10H2,1H3,(H,18,19,22)/t13-,14-/m1/s1. The van der Waals surface area contributed by atoms with Crippen molar-refractivity contribution in [1.29, 1.82) is 0 Å². The van der Waals surface area contributed by atoms with Crippen LogP contribution in [0.1, 0.15) is 18.5 Å². The van der Waals surface area contributed by atoms with E-state index in [1.807, 2.05) is 4.90 Å². The summed E-state index contributed by atoms with van der Waals surface area (Å²) in [5.74, 6) is -1.97. The highest BCUT2D eigenvalue weighted by atomic mass is 16.6. The minimum absolute atomic E-state index is 0.0796. The molecule has 0 aliphatic carbocycles. The van der Waals surface area contributed by atoms with Crippen LogP contribution in [0.2, 0.25) is 0 Å². The minimum Gasteiger partial charge on any atom is -0.465 e. The van der Waals surface area contributed by atoms with Crippen LogP contribution in [0, 0.1) is 16.0 Å². The highest BCUT2D eigenvalue weighted by molar-refractivity contribution is 6.08. The van der Waals surface area contributed by atoms with E-state index >= 15 is 0 Å². The second-order valence-corrected chi connectivity index (χ2v) is 6.06. The van der Waals surface area contributed by atoms with E-state index in [0.29, 0.717) is 37.8 Å². The van der Waals surface area contributed by atoms with E-state index < -0.39 is 28.8 Å². The van der Waals surface area contributed by atoms with Crippen molar-refractivity contribution in [2.75, 3.05) is 32.9 Å². The number of carbonyl (C=O) groups excluding carboxylic acids is 2. The lowest BCUT2D eigenvalue weighted by molar-refractivity contribution is -0.384. The molecule has 0 aromatic heterocycles. The van der Waals surface area contributed by atoms with E-state index in [0.717, 1.165) is 0 Å². The third-order valence-corrected chi connectivity index (χ3v) is 4.39. The first-order valence-electron chi connectivity index (χ1n) is 8.63. The normalized spacial score (nSPS) is 22.6. The number of morpholine rings is 1. The van der Waals surface area contributed by atoms with Crippen molar-refractivity contribution < 1.29 is 24.0 Å². The molecule has 27 heavy (non-hydrogen) atoms. The van der Waals surface area contributed by atoms with Crippen LogP contribution in [-0.4, -0.2) is 60.6 Å². The lowest BCUT2D eigenvalue weighted by Crippen LogP contribution is -2.55. The van der Waals surface area contributed by atoms with E-state index in [-0.39, 0.29) is 12.3 Å². The van der Waals surface area contributed by atoms with Crippen molar-refractivity contribution in [2.45, 2.75) is 13.0 Å². The first-order chi connectivity index (χ1) is 13.0. The number of guanidine groups is 1. The average molecular weight is 376 g/mol. The molecule has 1 N–H and O–H groups in total. The molecule has 0 unspecified atom stereocenters. The Kier molecular flexibility index (Phi) is 5.65. The van der Waals surface area contributed by atoms with Crippen molar-refractivity contribution >= 4 is 23.5 Å². The van der Waals surface area contributed by atoms with E-state index in [2.05, 4.69) is 10.3 Å². The molecule has 10 heteroatoms. The number of ether oxygens (including phenoxy) is 2. The molecular weight excluding hydrogens is 356 g/mol. The van der Waals surface area contributed by atoms with Gasteiger partial charge in [0.1, 0.15) is 6.04 Å². The van der Waals surface area contributed by atoms with Crippen LogP contribution in [0.3, 0.4) is 0 Å². The third kappa shape index (κ3) is 4.05. The van der Waals surface area contributed by atoms with Crippen molar-refractivity contribution in [1.82, 2.24) is 10.2 Å². The monoisotopic (exact) mass is 376 g/mol. The number of aliphatic imine (C=N–C) groups is 1. The van der Waals surface area contributed by atoms with Gasteiger partial charge < -0.3 is 14.4 Å². The van der Waals surface area contributed by atoms with Crippen molar-refractivity contribution in [3.8, 4) is 0 Å². The number of nitro groups is 1. The highest BCUT2D eigenvalue weighted by Crippen LogP contribution is 2.32. The molecule has 2 aliphatic heterocycles. The number of esters is 1. The minimum atomic E-state index is -1.16. The van der Waals surface area contributed by atoms with Gasteiger partial charge in [-0.3, -0.25) is 25.0 Å². The number of non-ortho nitro benzene ring substituents is 1. The zero-order chi connectivity index (χ0) is 19.4. The van der Waals surface area contributed by atoms with Crippen LogP contribution >= 0.6 is 0 Å². The number of benzene rings is 1. The van der Waals surface area contributed by atoms with Gasteiger partial charge >= 0.3 is 5.97 Å². The fraction of sp³-hybridized carbons (Fsp3) is 0.471. The Hall–Kier alpha value is -3.01. The van der Waals surface area contributed by atoms with Crippen LogP contribution in [-0.2, 0) is 19.1 Å². The molecule has 1 saturated heterocycles. The maximum absolute atomic E-state index is 12.7. The Morgan fingerprint density at radius 2 is 2.04 bits per heavy atom. The molecule has 0 saturated carbocycles. The molecule has 1 aromatic rings. The summed E-state index contributed by atoms with van der Waals surface area (Å²) >= 11 is 0. The molecule has 1 aromatic carbocycles. The van der Waals surface area contributed by atoms with Gasteiger partial charge in [-0.1, -0.05) is 12.1 Å². The maximum atomic E-state index is 12.7. The average Bonchev–Trinajstić information content (AvgIpc) is 2.68. The predicted molar refractivity (Wildman–Crippen MR) is 93.9 cm³/mol. The Labute approximate surface area is 155 Å². The Morgan fingerprint density at radius 1 is 1.37 bits per heavy atom. The van der Waals surface area contributed by atoms with Gasteiger partial charge in [-0.25, -0.2) is 4.99 Å². The molecule has 1 fully saturated rings. The summed E-state index contributed by atoms with van der Waals surface area (Å²) in [6.45, 7) is 3.95. The first-order valence-corrected chi connectivity index (χ1v) is 8.63. The summed E-state index contributed by atoms with van der Waals surface area (Å²) < 4.78 is 10.3. The summed E-state index contributed by atoms with van der Waals surface area (Å²) in [7, 11) is 0. The number of nitrogens with one attached hydrogen (secondary N) is 1. The first kappa shape index (κ1) is 18.8. The number of nitro benzene ring substituents is 1. The molecule has 144 valence electrons. The smallest absolute Gasteiger partial charge is 0.321 e. The summed E-state index contributed by atoms with van der Waals surface area (Å²) in [6.07, 6.45) is 0. The molecule has 0 spiro atoms. The zero-order valence-corrected chi connectivity index (χ0v) is 14.8. The Balaban J connectivity index is 1.96. The molecule has 3 rings (SSSR count). The number of amides is 1. The van der Waals surface area contributed by atoms with E-state index in [4.69, 9.17) is 9.47 Å². The predicted octanol–water partition coefficient (Wildman–Crippen LogP) is 0.633. The van der Waals surface area contributed by atoms with Gasteiger partial charge in [0.15, 0.2) is 5.92 Å². The summed E-state index contributed by atoms with van der Waals surface area (Å²) in [5.41, 5.74) is 0.448. The molecule has 0 radical (unpaired) electrons. The van der Waals surface area contributed by atoms with Crippen molar-refractivity contribution in [3.05, 3.63) is 39.9 Å². The van der Waals surface area contributed by atoms with Crippen LogP contribution in [0.15, 0.2) is 29.3 Å². The quantitative estimate of drug-likeness (QED) is 0.354. The largest absolute Gasteiger partial charge is 0.465 e. The van der Waals surface area contributed by atoms with Crippen LogP contribution in [0.4, 0.5) is 5.69 Å².